The molecule has 13 heteroatoms. The zero-order valence-electron chi connectivity index (χ0n) is 23.9. The molecule has 2 N–H and O–H groups in total. The van der Waals surface area contributed by atoms with E-state index < -0.39 is 27.6 Å². The van der Waals surface area contributed by atoms with Crippen molar-refractivity contribution in [1.82, 2.24) is 20.3 Å². The standard InChI is InChI=1S/C31H25F2N5O5S/c1-34-30(39)27-20-12-19(24-15-35-31(42-3)28(37-24)23-13-18-21(33)6-5-7-22(18)36-23)25(38(2)44(4,40)41)14-26(20)43-29(27)16-8-10-17(32)11-9-16/h5-15,36H,1-4H3,(H,34,39). The number of nitrogens with zero attached hydrogens (tertiary/aromatic N) is 3. The summed E-state index contributed by atoms with van der Waals surface area (Å²) >= 11 is 0. The van der Waals surface area contributed by atoms with Gasteiger partial charge in [-0.3, -0.25) is 9.10 Å². The summed E-state index contributed by atoms with van der Waals surface area (Å²) in [5, 5.41) is 3.31. The number of hydrogen-bond acceptors (Lipinski definition) is 7. The Morgan fingerprint density at radius 3 is 2.48 bits per heavy atom. The molecule has 0 atom stereocenters. The number of furan rings is 1. The third-order valence-corrected chi connectivity index (χ3v) is 8.47. The van der Waals surface area contributed by atoms with Gasteiger partial charge in [0.25, 0.3) is 5.91 Å². The summed E-state index contributed by atoms with van der Waals surface area (Å²) in [6.07, 6.45) is 2.46. The van der Waals surface area contributed by atoms with Gasteiger partial charge >= 0.3 is 0 Å². The van der Waals surface area contributed by atoms with E-state index in [1.807, 2.05) is 0 Å². The number of rotatable bonds is 7. The first kappa shape index (κ1) is 28.8. The lowest BCUT2D eigenvalue weighted by atomic mass is 10.0. The molecule has 0 spiro atoms. The second-order valence-corrected chi connectivity index (χ2v) is 12.0. The molecule has 0 aliphatic rings. The number of sulfonamides is 1. The van der Waals surface area contributed by atoms with Crippen LogP contribution in [0.5, 0.6) is 5.88 Å². The quantitative estimate of drug-likeness (QED) is 0.233. The number of H-pyrrole nitrogens is 1. The molecule has 224 valence electrons. The number of aromatic amines is 1. The average Bonchev–Trinajstić information content (AvgIpc) is 3.62. The molecule has 3 aromatic carbocycles. The number of methoxy groups -OCH3 is 1. The summed E-state index contributed by atoms with van der Waals surface area (Å²) in [5.41, 5.74) is 2.76. The topological polar surface area (TPSA) is 130 Å². The molecule has 0 radical (unpaired) electrons. The largest absolute Gasteiger partial charge is 0.479 e. The molecular weight excluding hydrogens is 592 g/mol. The van der Waals surface area contributed by atoms with E-state index in [1.165, 1.54) is 63.8 Å². The van der Waals surface area contributed by atoms with Crippen LogP contribution in [0.3, 0.4) is 0 Å². The van der Waals surface area contributed by atoms with Gasteiger partial charge in [-0.25, -0.2) is 27.2 Å². The van der Waals surface area contributed by atoms with Gasteiger partial charge in [0.2, 0.25) is 15.9 Å². The number of aromatic nitrogens is 3. The fraction of sp³-hybridized carbons (Fsp3) is 0.129. The Balaban J connectivity index is 1.64. The van der Waals surface area contributed by atoms with Crippen molar-refractivity contribution in [3.63, 3.8) is 0 Å². The second kappa shape index (κ2) is 10.8. The van der Waals surface area contributed by atoms with Crippen LogP contribution in [-0.4, -0.2) is 56.7 Å². The number of fused-ring (bicyclic) bond motifs is 2. The van der Waals surface area contributed by atoms with E-state index in [-0.39, 0.29) is 39.9 Å². The lowest BCUT2D eigenvalue weighted by Gasteiger charge is -2.20. The van der Waals surface area contributed by atoms with E-state index in [2.05, 4.69) is 15.3 Å². The van der Waals surface area contributed by atoms with E-state index in [0.717, 1.165) is 10.6 Å². The molecule has 10 nitrogen and oxygen atoms in total. The fourth-order valence-electron chi connectivity index (χ4n) is 5.01. The second-order valence-electron chi connectivity index (χ2n) is 9.99. The number of benzene rings is 3. The Labute approximate surface area is 250 Å². The highest BCUT2D eigenvalue weighted by Crippen LogP contribution is 2.42. The highest BCUT2D eigenvalue weighted by atomic mass is 32.2. The summed E-state index contributed by atoms with van der Waals surface area (Å²) in [5.74, 6) is -1.04. The maximum Gasteiger partial charge on any atom is 0.255 e. The lowest BCUT2D eigenvalue weighted by Crippen LogP contribution is -2.25. The van der Waals surface area contributed by atoms with Gasteiger partial charge in [-0.1, -0.05) is 6.07 Å². The number of nitrogens with one attached hydrogen (secondary N) is 2. The SMILES string of the molecule is CNC(=O)c1c(-c2ccc(F)cc2)oc2cc(N(C)S(C)(=O)=O)c(-c3cnc(OC)c(-c4cc5c(F)cccc5[nH]4)n3)cc12. The van der Waals surface area contributed by atoms with Crippen molar-refractivity contribution in [3.05, 3.63) is 84.1 Å². The first-order valence-corrected chi connectivity index (χ1v) is 15.1. The van der Waals surface area contributed by atoms with Crippen LogP contribution in [0.4, 0.5) is 14.5 Å². The lowest BCUT2D eigenvalue weighted by molar-refractivity contribution is 0.0964. The first-order valence-electron chi connectivity index (χ1n) is 13.2. The van der Waals surface area contributed by atoms with Crippen molar-refractivity contribution in [2.75, 3.05) is 31.8 Å². The minimum atomic E-state index is -3.78. The van der Waals surface area contributed by atoms with Gasteiger partial charge in [0, 0.05) is 47.6 Å². The van der Waals surface area contributed by atoms with E-state index in [9.17, 15) is 22.0 Å². The van der Waals surface area contributed by atoms with Crippen LogP contribution in [-0.2, 0) is 10.0 Å². The summed E-state index contributed by atoms with van der Waals surface area (Å²) in [7, 11) is 0.478. The Bertz CT molecular complexity index is 2190. The van der Waals surface area contributed by atoms with Crippen molar-refractivity contribution in [2.24, 2.45) is 0 Å². The fourth-order valence-corrected chi connectivity index (χ4v) is 5.52. The van der Waals surface area contributed by atoms with Crippen LogP contribution in [0.25, 0.3) is 55.8 Å². The van der Waals surface area contributed by atoms with E-state index in [4.69, 9.17) is 14.1 Å². The van der Waals surface area contributed by atoms with E-state index in [1.54, 1.807) is 24.3 Å². The predicted octanol–water partition coefficient (Wildman–Crippen LogP) is 5.75. The van der Waals surface area contributed by atoms with Crippen LogP contribution in [0.1, 0.15) is 10.4 Å². The average molecular weight is 618 g/mol. The van der Waals surface area contributed by atoms with Crippen molar-refractivity contribution < 1.29 is 31.1 Å². The normalized spacial score (nSPS) is 11.7. The number of carbonyl (C=O) groups is 1. The zero-order chi connectivity index (χ0) is 31.3. The van der Waals surface area contributed by atoms with Gasteiger partial charge in [0.15, 0.2) is 0 Å². The smallest absolute Gasteiger partial charge is 0.255 e. The number of amides is 1. The number of hydrogen-bond donors (Lipinski definition) is 2. The number of ether oxygens (including phenoxy) is 1. The Morgan fingerprint density at radius 2 is 1.82 bits per heavy atom. The predicted molar refractivity (Wildman–Crippen MR) is 163 cm³/mol. The van der Waals surface area contributed by atoms with Crippen molar-refractivity contribution in [2.45, 2.75) is 0 Å². The number of anilines is 1. The molecule has 3 heterocycles. The maximum absolute atomic E-state index is 14.5. The summed E-state index contributed by atoms with van der Waals surface area (Å²) in [6, 6.07) is 14.8. The molecule has 6 aromatic rings. The van der Waals surface area contributed by atoms with Crippen molar-refractivity contribution in [1.29, 1.82) is 0 Å². The molecule has 0 fully saturated rings. The molecule has 0 saturated heterocycles. The van der Waals surface area contributed by atoms with Gasteiger partial charge in [-0.15, -0.1) is 0 Å². The van der Waals surface area contributed by atoms with Crippen LogP contribution in [0.15, 0.2) is 71.3 Å². The summed E-state index contributed by atoms with van der Waals surface area (Å²) < 4.78 is 66.3. The Morgan fingerprint density at radius 1 is 1.07 bits per heavy atom. The first-order chi connectivity index (χ1) is 21.0. The van der Waals surface area contributed by atoms with Crippen LogP contribution >= 0.6 is 0 Å². The maximum atomic E-state index is 14.5. The Hall–Kier alpha value is -5.30. The zero-order valence-corrected chi connectivity index (χ0v) is 24.7. The van der Waals surface area contributed by atoms with Gasteiger partial charge in [-0.05, 0) is 48.5 Å². The molecular formula is C31H25F2N5O5S. The summed E-state index contributed by atoms with van der Waals surface area (Å²) in [4.78, 5) is 25.5. The van der Waals surface area contributed by atoms with Gasteiger partial charge in [-0.2, -0.15) is 0 Å². The van der Waals surface area contributed by atoms with Crippen LogP contribution < -0.4 is 14.4 Å². The number of halogens is 2. The van der Waals surface area contributed by atoms with Gasteiger partial charge < -0.3 is 19.5 Å². The molecule has 3 aromatic heterocycles. The molecule has 44 heavy (non-hydrogen) atoms. The molecule has 0 aliphatic heterocycles. The van der Waals surface area contributed by atoms with Crippen molar-refractivity contribution in [3.8, 4) is 39.8 Å². The monoisotopic (exact) mass is 617 g/mol. The van der Waals surface area contributed by atoms with Crippen LogP contribution in [0.2, 0.25) is 0 Å². The van der Waals surface area contributed by atoms with Crippen molar-refractivity contribution >= 4 is 43.5 Å². The van der Waals surface area contributed by atoms with E-state index in [0.29, 0.717) is 33.1 Å². The Kier molecular flexibility index (Phi) is 7.04. The molecule has 0 aliphatic carbocycles. The molecule has 0 bridgehead atoms. The minimum absolute atomic E-state index is 0.146. The number of carbonyl (C=O) groups excluding carboxylic acids is 1. The van der Waals surface area contributed by atoms with Gasteiger partial charge in [0.05, 0.1) is 42.2 Å². The van der Waals surface area contributed by atoms with E-state index >= 15 is 0 Å². The molecule has 0 unspecified atom stereocenters. The summed E-state index contributed by atoms with van der Waals surface area (Å²) in [6.45, 7) is 0. The highest BCUT2D eigenvalue weighted by Gasteiger charge is 2.27. The van der Waals surface area contributed by atoms with Crippen LogP contribution in [0, 0.1) is 11.6 Å². The molecule has 0 saturated carbocycles. The third kappa shape index (κ3) is 4.90. The van der Waals surface area contributed by atoms with Gasteiger partial charge in [0.1, 0.15) is 28.7 Å². The molecule has 6 rings (SSSR count). The molecule has 1 amide bonds. The minimum Gasteiger partial charge on any atom is -0.479 e. The highest BCUT2D eigenvalue weighted by molar-refractivity contribution is 7.92. The third-order valence-electron chi connectivity index (χ3n) is 7.28.